The van der Waals surface area contributed by atoms with Crippen LogP contribution in [0.3, 0.4) is 0 Å². The van der Waals surface area contributed by atoms with E-state index in [2.05, 4.69) is 15.4 Å². The first-order valence-electron chi connectivity index (χ1n) is 7.53. The summed E-state index contributed by atoms with van der Waals surface area (Å²) in [5.74, 6) is -0.640. The smallest absolute Gasteiger partial charge is 0.246 e. The van der Waals surface area contributed by atoms with E-state index in [-0.39, 0.29) is 30.6 Å². The Bertz CT molecular complexity index is 879. The zero-order valence-electron chi connectivity index (χ0n) is 13.4. The second kappa shape index (κ2) is 7.16. The van der Waals surface area contributed by atoms with Gasteiger partial charge in [-0.25, -0.2) is 8.78 Å². The van der Waals surface area contributed by atoms with Crippen molar-refractivity contribution in [3.8, 4) is 11.4 Å². The van der Waals surface area contributed by atoms with Gasteiger partial charge >= 0.3 is 0 Å². The molecule has 1 aromatic heterocycles. The highest BCUT2D eigenvalue weighted by molar-refractivity contribution is 5.75. The fourth-order valence-electron chi connectivity index (χ4n) is 2.26. The molecule has 1 amide bonds. The molecule has 25 heavy (non-hydrogen) atoms. The number of likely N-dealkylation sites (N-methyl/N-ethyl adjacent to an activating group) is 1. The van der Waals surface area contributed by atoms with Gasteiger partial charge in [-0.3, -0.25) is 4.79 Å². The van der Waals surface area contributed by atoms with Crippen LogP contribution in [0.4, 0.5) is 8.78 Å². The Morgan fingerprint density at radius 1 is 1.12 bits per heavy atom. The van der Waals surface area contributed by atoms with E-state index in [1.54, 1.807) is 19.2 Å². The van der Waals surface area contributed by atoms with Crippen LogP contribution >= 0.6 is 0 Å². The van der Waals surface area contributed by atoms with Gasteiger partial charge < -0.3 is 4.90 Å². The molecule has 3 rings (SSSR count). The minimum atomic E-state index is -0.356. The number of tetrazole rings is 1. The highest BCUT2D eigenvalue weighted by Gasteiger charge is 2.13. The second-order valence-electron chi connectivity index (χ2n) is 5.53. The van der Waals surface area contributed by atoms with Crippen molar-refractivity contribution in [1.29, 1.82) is 0 Å². The van der Waals surface area contributed by atoms with Crippen LogP contribution in [0.5, 0.6) is 0 Å². The molecule has 8 heteroatoms. The number of aromatic nitrogens is 4. The molecule has 0 N–H and O–H groups in total. The molecule has 0 aliphatic rings. The summed E-state index contributed by atoms with van der Waals surface area (Å²) in [6, 6.07) is 11.7. The second-order valence-corrected chi connectivity index (χ2v) is 5.53. The van der Waals surface area contributed by atoms with Crippen molar-refractivity contribution in [3.63, 3.8) is 0 Å². The zero-order valence-corrected chi connectivity index (χ0v) is 13.4. The molecule has 0 radical (unpaired) electrons. The van der Waals surface area contributed by atoms with Gasteiger partial charge in [0, 0.05) is 19.2 Å². The zero-order chi connectivity index (χ0) is 17.8. The number of nitrogens with zero attached hydrogens (tertiary/aromatic N) is 5. The van der Waals surface area contributed by atoms with Crippen molar-refractivity contribution in [2.24, 2.45) is 0 Å². The van der Waals surface area contributed by atoms with E-state index in [0.29, 0.717) is 17.0 Å². The van der Waals surface area contributed by atoms with E-state index >= 15 is 0 Å². The summed E-state index contributed by atoms with van der Waals surface area (Å²) in [6.45, 7) is 0.177. The molecule has 0 saturated heterocycles. The third kappa shape index (κ3) is 4.23. The number of carbonyl (C=O) groups excluding carboxylic acids is 1. The Balaban J connectivity index is 1.64. The lowest BCUT2D eigenvalue weighted by Gasteiger charge is -2.16. The Morgan fingerprint density at radius 3 is 2.60 bits per heavy atom. The fraction of sp³-hybridized carbons (Fsp3) is 0.176. The normalized spacial score (nSPS) is 10.7. The molecule has 128 valence electrons. The number of benzene rings is 2. The van der Waals surface area contributed by atoms with Gasteiger partial charge in [-0.15, -0.1) is 10.2 Å². The van der Waals surface area contributed by atoms with Crippen LogP contribution in [0.25, 0.3) is 11.4 Å². The van der Waals surface area contributed by atoms with E-state index < -0.39 is 0 Å². The summed E-state index contributed by atoms with van der Waals surface area (Å²) in [5.41, 5.74) is 1.29. The first kappa shape index (κ1) is 16.7. The number of halogens is 2. The minimum absolute atomic E-state index is 0.0972. The predicted octanol–water partition coefficient (Wildman–Crippen LogP) is 2.28. The average Bonchev–Trinajstić information content (AvgIpc) is 3.04. The van der Waals surface area contributed by atoms with Crippen LogP contribution in [0.1, 0.15) is 5.56 Å². The summed E-state index contributed by atoms with van der Waals surface area (Å²) in [7, 11) is 1.62. The standard InChI is InChI=1S/C17H15F2N5O/c1-23(10-12-3-2-4-15(19)9-12)16(25)11-24-21-17(20-22-24)13-5-7-14(18)8-6-13/h2-9H,10-11H2,1H3. The topological polar surface area (TPSA) is 63.9 Å². The van der Waals surface area contributed by atoms with E-state index in [1.807, 2.05) is 0 Å². The van der Waals surface area contributed by atoms with E-state index in [4.69, 9.17) is 0 Å². The van der Waals surface area contributed by atoms with Gasteiger partial charge in [0.05, 0.1) is 0 Å². The monoisotopic (exact) mass is 343 g/mol. The summed E-state index contributed by atoms with van der Waals surface area (Å²) < 4.78 is 26.1. The number of hydrogen-bond acceptors (Lipinski definition) is 4. The molecule has 0 aliphatic heterocycles. The molecule has 0 saturated carbocycles. The van der Waals surface area contributed by atoms with Gasteiger partial charge in [-0.1, -0.05) is 12.1 Å². The Hall–Kier alpha value is -3.16. The molecule has 0 unspecified atom stereocenters. The molecule has 0 fully saturated rings. The van der Waals surface area contributed by atoms with Crippen molar-refractivity contribution in [3.05, 3.63) is 65.7 Å². The SMILES string of the molecule is CN(Cc1cccc(F)c1)C(=O)Cn1nnc(-c2ccc(F)cc2)n1. The average molecular weight is 343 g/mol. The largest absolute Gasteiger partial charge is 0.340 e. The number of amides is 1. The Morgan fingerprint density at radius 2 is 1.88 bits per heavy atom. The minimum Gasteiger partial charge on any atom is -0.340 e. The van der Waals surface area contributed by atoms with Gasteiger partial charge in [-0.05, 0) is 47.2 Å². The predicted molar refractivity (Wildman–Crippen MR) is 86.1 cm³/mol. The summed E-state index contributed by atoms with van der Waals surface area (Å²) >= 11 is 0. The van der Waals surface area contributed by atoms with Crippen molar-refractivity contribution in [2.75, 3.05) is 7.05 Å². The lowest BCUT2D eigenvalue weighted by molar-refractivity contribution is -0.131. The lowest BCUT2D eigenvalue weighted by atomic mass is 10.2. The maximum absolute atomic E-state index is 13.2. The van der Waals surface area contributed by atoms with Crippen molar-refractivity contribution >= 4 is 5.91 Å². The van der Waals surface area contributed by atoms with Crippen LogP contribution < -0.4 is 0 Å². The van der Waals surface area contributed by atoms with E-state index in [1.165, 1.54) is 46.1 Å². The molecule has 0 bridgehead atoms. The summed E-state index contributed by atoms with van der Waals surface area (Å²) in [5, 5.41) is 11.8. The van der Waals surface area contributed by atoms with Gasteiger partial charge in [0.15, 0.2) is 0 Å². The Kier molecular flexibility index (Phi) is 4.78. The quantitative estimate of drug-likeness (QED) is 0.713. The number of carbonyl (C=O) groups is 1. The van der Waals surface area contributed by atoms with E-state index in [9.17, 15) is 13.6 Å². The first-order chi connectivity index (χ1) is 12.0. The molecule has 0 spiro atoms. The van der Waals surface area contributed by atoms with Gasteiger partial charge in [0.1, 0.15) is 18.2 Å². The van der Waals surface area contributed by atoms with Crippen molar-refractivity contribution in [2.45, 2.75) is 13.1 Å². The third-order valence-electron chi connectivity index (χ3n) is 3.57. The highest BCUT2D eigenvalue weighted by atomic mass is 19.1. The maximum Gasteiger partial charge on any atom is 0.246 e. The maximum atomic E-state index is 13.2. The fourth-order valence-corrected chi connectivity index (χ4v) is 2.26. The number of hydrogen-bond donors (Lipinski definition) is 0. The number of rotatable bonds is 5. The molecule has 3 aromatic rings. The molecular weight excluding hydrogens is 328 g/mol. The molecular formula is C17H15F2N5O. The first-order valence-corrected chi connectivity index (χ1v) is 7.53. The molecule has 2 aromatic carbocycles. The van der Waals surface area contributed by atoms with Crippen LogP contribution in [-0.4, -0.2) is 38.1 Å². The van der Waals surface area contributed by atoms with Crippen molar-refractivity contribution < 1.29 is 13.6 Å². The van der Waals surface area contributed by atoms with E-state index in [0.717, 1.165) is 0 Å². The Labute approximate surface area is 142 Å². The van der Waals surface area contributed by atoms with Crippen LogP contribution in [-0.2, 0) is 17.9 Å². The van der Waals surface area contributed by atoms with Gasteiger partial charge in [0.2, 0.25) is 11.7 Å². The molecule has 0 atom stereocenters. The van der Waals surface area contributed by atoms with Gasteiger partial charge in [0.25, 0.3) is 0 Å². The third-order valence-corrected chi connectivity index (χ3v) is 3.57. The lowest BCUT2D eigenvalue weighted by Crippen LogP contribution is -2.30. The molecule has 6 nitrogen and oxygen atoms in total. The highest BCUT2D eigenvalue weighted by Crippen LogP contribution is 2.13. The van der Waals surface area contributed by atoms with Crippen LogP contribution in [0, 0.1) is 11.6 Å². The van der Waals surface area contributed by atoms with Crippen LogP contribution in [0.15, 0.2) is 48.5 Å². The molecule has 1 heterocycles. The van der Waals surface area contributed by atoms with Crippen molar-refractivity contribution in [1.82, 2.24) is 25.1 Å². The molecule has 0 aliphatic carbocycles. The van der Waals surface area contributed by atoms with Gasteiger partial charge in [-0.2, -0.15) is 4.80 Å². The summed E-state index contributed by atoms with van der Waals surface area (Å²) in [6.07, 6.45) is 0. The van der Waals surface area contributed by atoms with Crippen LogP contribution in [0.2, 0.25) is 0 Å². The summed E-state index contributed by atoms with van der Waals surface area (Å²) in [4.78, 5) is 14.9.